The van der Waals surface area contributed by atoms with E-state index in [2.05, 4.69) is 36.3 Å². The molecule has 5 heterocycles. The van der Waals surface area contributed by atoms with Gasteiger partial charge in [0.15, 0.2) is 6.23 Å². The number of hydrogen-bond acceptors (Lipinski definition) is 7. The van der Waals surface area contributed by atoms with Crippen LogP contribution < -0.4 is 10.2 Å². The van der Waals surface area contributed by atoms with Crippen molar-refractivity contribution < 1.29 is 18.7 Å². The summed E-state index contributed by atoms with van der Waals surface area (Å²) in [5.74, 6) is -0.0640. The highest BCUT2D eigenvalue weighted by atomic mass is 32.1. The summed E-state index contributed by atoms with van der Waals surface area (Å²) >= 11 is 1.34. The molecule has 2 fully saturated rings. The number of fused-ring (bicyclic) bond motifs is 2. The summed E-state index contributed by atoms with van der Waals surface area (Å²) < 4.78 is 26.2. The average Bonchev–Trinajstić information content (AvgIpc) is 3.66. The predicted octanol–water partition coefficient (Wildman–Crippen LogP) is 6.67. The number of para-hydroxylation sites is 1. The van der Waals surface area contributed by atoms with Gasteiger partial charge in [-0.25, -0.2) is 13.8 Å². The highest BCUT2D eigenvalue weighted by molar-refractivity contribution is 7.11. The number of amides is 1. The van der Waals surface area contributed by atoms with Gasteiger partial charge in [0.05, 0.1) is 22.7 Å². The molecule has 1 aromatic carbocycles. The van der Waals surface area contributed by atoms with E-state index in [1.807, 2.05) is 47.2 Å². The molecule has 3 aliphatic heterocycles. The molecule has 3 aromatic rings. The molecule has 0 saturated carbocycles. The van der Waals surface area contributed by atoms with E-state index in [1.165, 1.54) is 23.6 Å². The van der Waals surface area contributed by atoms with Crippen molar-refractivity contribution in [2.24, 2.45) is 0 Å². The normalized spacial score (nSPS) is 21.4. The van der Waals surface area contributed by atoms with Crippen LogP contribution in [0.1, 0.15) is 68.8 Å². The topological polar surface area (TPSA) is 81.6 Å². The first-order valence-electron chi connectivity index (χ1n) is 15.6. The predicted molar refractivity (Wildman–Crippen MR) is 175 cm³/mol. The fourth-order valence-electron chi connectivity index (χ4n) is 6.59. The van der Waals surface area contributed by atoms with Crippen molar-refractivity contribution in [2.75, 3.05) is 18.0 Å². The number of nitrogens with one attached hydrogen (secondary N) is 1. The molecule has 0 spiro atoms. The van der Waals surface area contributed by atoms with Gasteiger partial charge in [0.2, 0.25) is 0 Å². The van der Waals surface area contributed by atoms with Crippen LogP contribution in [-0.2, 0) is 17.6 Å². The first kappa shape index (κ1) is 31.3. The second-order valence-electron chi connectivity index (χ2n) is 12.2. The van der Waals surface area contributed by atoms with Crippen LogP contribution >= 0.6 is 11.3 Å². The van der Waals surface area contributed by atoms with Gasteiger partial charge in [-0.05, 0) is 74.9 Å². The summed E-state index contributed by atoms with van der Waals surface area (Å²) in [5, 5.41) is 18.3. The Kier molecular flexibility index (Phi) is 8.99. The minimum absolute atomic E-state index is 0.0640. The van der Waals surface area contributed by atoms with E-state index in [9.17, 15) is 18.7 Å². The molecule has 0 radical (unpaired) electrons. The number of hydrogen-bond donors (Lipinski definition) is 2. The third-order valence-corrected chi connectivity index (χ3v) is 9.67. The molecule has 45 heavy (non-hydrogen) atoms. The number of aliphatic hydroxyl groups is 1. The molecule has 3 aliphatic rings. The number of piperazine rings is 1. The number of rotatable bonds is 8. The molecule has 1 amide bonds. The first-order chi connectivity index (χ1) is 21.7. The molecule has 10 heteroatoms. The second-order valence-corrected chi connectivity index (χ2v) is 13.0. The van der Waals surface area contributed by atoms with Crippen molar-refractivity contribution in [3.8, 4) is 11.3 Å². The SMILES string of the molecule is CCc1cccc(CC)c1N1C(C=C(C)C)=C(C(=O)N2C[C@H]3CC[C@@H](C2)N3)C=C(c2nc(-c3ccc(C(F)F)nc3)cs2)C1O. The molecular formula is C35H39F2N5O2S. The minimum Gasteiger partial charge on any atom is -0.369 e. The van der Waals surface area contributed by atoms with Crippen molar-refractivity contribution in [1.29, 1.82) is 0 Å². The molecule has 2 N–H and O–H groups in total. The number of aliphatic hydroxyl groups excluding tert-OH is 1. The number of aromatic nitrogens is 2. The molecule has 3 atom stereocenters. The maximum Gasteiger partial charge on any atom is 0.280 e. The highest BCUT2D eigenvalue weighted by Gasteiger charge is 2.39. The average molecular weight is 632 g/mol. The Balaban J connectivity index is 1.51. The number of carbonyl (C=O) groups is 1. The van der Waals surface area contributed by atoms with Crippen molar-refractivity contribution in [3.05, 3.63) is 92.7 Å². The van der Waals surface area contributed by atoms with E-state index >= 15 is 0 Å². The largest absolute Gasteiger partial charge is 0.369 e. The van der Waals surface area contributed by atoms with Gasteiger partial charge in [0, 0.05) is 47.9 Å². The van der Waals surface area contributed by atoms with E-state index in [1.54, 1.807) is 6.07 Å². The molecule has 1 unspecified atom stereocenters. The first-order valence-corrected chi connectivity index (χ1v) is 16.5. The standard InChI is InChI=1S/C35H39F2N5O2S/c1-5-21-8-7-9-22(6-2)31(21)42-30(14-20(3)4)26(34(43)41-17-24-11-12-25(18-41)39-24)15-27(35(42)44)33-40-29(19-45-33)23-10-13-28(32(36)37)38-16-23/h7-10,13-16,19,24-25,32,35,39,44H,5-6,11-12,17-18H2,1-4H3/t24-,25+,35?. The lowest BCUT2D eigenvalue weighted by Gasteiger charge is -2.40. The number of benzene rings is 1. The maximum atomic E-state index is 14.5. The number of likely N-dealkylation sites (tertiary alicyclic amines) is 1. The van der Waals surface area contributed by atoms with Crippen molar-refractivity contribution >= 4 is 28.5 Å². The van der Waals surface area contributed by atoms with Crippen LogP contribution in [0.15, 0.2) is 70.9 Å². The van der Waals surface area contributed by atoms with E-state index in [-0.39, 0.29) is 23.7 Å². The summed E-state index contributed by atoms with van der Waals surface area (Å²) in [6, 6.07) is 9.65. The summed E-state index contributed by atoms with van der Waals surface area (Å²) in [7, 11) is 0. The molecular weight excluding hydrogens is 592 g/mol. The number of pyridine rings is 1. The van der Waals surface area contributed by atoms with Gasteiger partial charge in [0.1, 0.15) is 10.7 Å². The zero-order valence-electron chi connectivity index (χ0n) is 26.1. The van der Waals surface area contributed by atoms with Crippen LogP contribution in [0.5, 0.6) is 0 Å². The van der Waals surface area contributed by atoms with Crippen molar-refractivity contribution in [3.63, 3.8) is 0 Å². The van der Waals surface area contributed by atoms with Crippen LogP contribution in [0, 0.1) is 0 Å². The lowest BCUT2D eigenvalue weighted by Crippen LogP contribution is -2.54. The number of nitrogens with zero attached hydrogens (tertiary/aromatic N) is 4. The Morgan fingerprint density at radius 1 is 1.11 bits per heavy atom. The zero-order valence-corrected chi connectivity index (χ0v) is 26.9. The van der Waals surface area contributed by atoms with Crippen LogP contribution in [0.3, 0.4) is 0 Å². The lowest BCUT2D eigenvalue weighted by molar-refractivity contribution is -0.128. The lowest BCUT2D eigenvalue weighted by atomic mass is 9.94. The van der Waals surface area contributed by atoms with Gasteiger partial charge >= 0.3 is 0 Å². The number of thiazole rings is 1. The number of aryl methyl sites for hydroxylation is 2. The third-order valence-electron chi connectivity index (χ3n) is 8.78. The summed E-state index contributed by atoms with van der Waals surface area (Å²) in [5.41, 5.74) is 6.64. The summed E-state index contributed by atoms with van der Waals surface area (Å²) in [4.78, 5) is 27.1. The number of alkyl halides is 2. The van der Waals surface area contributed by atoms with E-state index in [0.29, 0.717) is 46.2 Å². The van der Waals surface area contributed by atoms with Crippen LogP contribution in [0.4, 0.5) is 14.5 Å². The van der Waals surface area contributed by atoms with Crippen molar-refractivity contribution in [2.45, 2.75) is 78.1 Å². The summed E-state index contributed by atoms with van der Waals surface area (Å²) in [6.45, 7) is 9.47. The number of allylic oxidation sites excluding steroid dienone is 2. The molecule has 2 aromatic heterocycles. The summed E-state index contributed by atoms with van der Waals surface area (Å²) in [6.07, 6.45) is 5.03. The molecule has 2 bridgehead atoms. The second kappa shape index (κ2) is 12.9. The fourth-order valence-corrected chi connectivity index (χ4v) is 7.46. The minimum atomic E-state index is -2.65. The van der Waals surface area contributed by atoms with E-state index in [4.69, 9.17) is 4.98 Å². The molecule has 7 nitrogen and oxygen atoms in total. The quantitative estimate of drug-likeness (QED) is 0.289. The number of halogens is 2. The third kappa shape index (κ3) is 6.11. The molecule has 236 valence electrons. The zero-order chi connectivity index (χ0) is 31.8. The van der Waals surface area contributed by atoms with Crippen LogP contribution in [0.2, 0.25) is 0 Å². The molecule has 6 rings (SSSR count). The molecule has 2 saturated heterocycles. The Hall–Kier alpha value is -3.73. The Bertz CT molecular complexity index is 1640. The van der Waals surface area contributed by atoms with Crippen LogP contribution in [0.25, 0.3) is 16.8 Å². The van der Waals surface area contributed by atoms with Crippen molar-refractivity contribution in [1.82, 2.24) is 20.2 Å². The number of anilines is 1. The van der Waals surface area contributed by atoms with E-state index < -0.39 is 12.7 Å². The monoisotopic (exact) mass is 631 g/mol. The highest BCUT2D eigenvalue weighted by Crippen LogP contribution is 2.42. The van der Waals surface area contributed by atoms with Gasteiger partial charge in [-0.2, -0.15) is 0 Å². The van der Waals surface area contributed by atoms with Crippen LogP contribution in [-0.4, -0.2) is 57.3 Å². The molecule has 0 aliphatic carbocycles. The fraction of sp³-hybridized carbons (Fsp3) is 0.400. The van der Waals surface area contributed by atoms with Gasteiger partial charge < -0.3 is 20.2 Å². The van der Waals surface area contributed by atoms with Gasteiger partial charge in [0.25, 0.3) is 12.3 Å². The van der Waals surface area contributed by atoms with Gasteiger partial charge in [-0.1, -0.05) is 37.6 Å². The Morgan fingerprint density at radius 3 is 2.38 bits per heavy atom. The number of carbonyl (C=O) groups excluding carboxylic acids is 1. The smallest absolute Gasteiger partial charge is 0.280 e. The van der Waals surface area contributed by atoms with Gasteiger partial charge in [-0.15, -0.1) is 11.3 Å². The Labute approximate surface area is 267 Å². The van der Waals surface area contributed by atoms with Gasteiger partial charge in [-0.3, -0.25) is 9.78 Å². The maximum absolute atomic E-state index is 14.5. The Morgan fingerprint density at radius 2 is 1.80 bits per heavy atom. The van der Waals surface area contributed by atoms with E-state index in [0.717, 1.165) is 48.1 Å².